The lowest BCUT2D eigenvalue weighted by Crippen LogP contribution is -2.37. The smallest absolute Gasteiger partial charge is 0.407 e. The summed E-state index contributed by atoms with van der Waals surface area (Å²) in [5.41, 5.74) is 1.04. The molecule has 1 atom stereocenters. The second-order valence-corrected chi connectivity index (χ2v) is 7.45. The number of ether oxygens (including phenoxy) is 1. The second-order valence-electron chi connectivity index (χ2n) is 7.45. The van der Waals surface area contributed by atoms with E-state index in [-0.39, 0.29) is 12.5 Å². The Kier molecular flexibility index (Phi) is 6.98. The number of hydrogen-bond donors (Lipinski definition) is 3. The van der Waals surface area contributed by atoms with Crippen LogP contribution < -0.4 is 16.0 Å². The van der Waals surface area contributed by atoms with Gasteiger partial charge in [0.15, 0.2) is 0 Å². The van der Waals surface area contributed by atoms with Crippen LogP contribution in [0.15, 0.2) is 48.5 Å². The van der Waals surface area contributed by atoms with Gasteiger partial charge in [-0.15, -0.1) is 0 Å². The van der Waals surface area contributed by atoms with Crippen molar-refractivity contribution in [1.82, 2.24) is 5.32 Å². The molecule has 0 aromatic heterocycles. The maximum atomic E-state index is 13.7. The van der Waals surface area contributed by atoms with Gasteiger partial charge in [0.25, 0.3) is 0 Å². The molecule has 0 radical (unpaired) electrons. The number of carbonyl (C=O) groups excluding carboxylic acids is 2. The SMILES string of the molecule is C[C@@H](CNC(=O)OC(C)(C)C)C(=O)Nc1ccc(F)cc1Nc1ccccc1. The van der Waals surface area contributed by atoms with Crippen LogP contribution in [0.5, 0.6) is 0 Å². The molecule has 2 rings (SSSR count). The van der Waals surface area contributed by atoms with Gasteiger partial charge in [0, 0.05) is 12.2 Å². The molecule has 2 aromatic carbocycles. The summed E-state index contributed by atoms with van der Waals surface area (Å²) >= 11 is 0. The number of halogens is 1. The third-order valence-electron chi connectivity index (χ3n) is 3.69. The van der Waals surface area contributed by atoms with Crippen LogP contribution in [-0.4, -0.2) is 24.1 Å². The van der Waals surface area contributed by atoms with E-state index >= 15 is 0 Å². The zero-order valence-electron chi connectivity index (χ0n) is 16.5. The van der Waals surface area contributed by atoms with E-state index in [2.05, 4.69) is 16.0 Å². The minimum atomic E-state index is -0.609. The van der Waals surface area contributed by atoms with E-state index in [0.29, 0.717) is 11.4 Å². The molecule has 6 nitrogen and oxygen atoms in total. The summed E-state index contributed by atoms with van der Waals surface area (Å²) in [6.07, 6.45) is -0.583. The number of para-hydroxylation sites is 1. The standard InChI is InChI=1S/C21H26FN3O3/c1-14(13-23-20(27)28-21(2,3)4)19(26)25-17-11-10-15(22)12-18(17)24-16-8-6-5-7-9-16/h5-12,14,24H,13H2,1-4H3,(H,23,27)(H,25,26)/t14-/m0/s1. The van der Waals surface area contributed by atoms with Crippen molar-refractivity contribution in [3.8, 4) is 0 Å². The molecule has 0 heterocycles. The van der Waals surface area contributed by atoms with E-state index in [1.54, 1.807) is 27.7 Å². The molecule has 2 aromatic rings. The van der Waals surface area contributed by atoms with Crippen molar-refractivity contribution in [2.45, 2.75) is 33.3 Å². The molecule has 0 bridgehead atoms. The van der Waals surface area contributed by atoms with Gasteiger partial charge < -0.3 is 20.7 Å². The highest BCUT2D eigenvalue weighted by atomic mass is 19.1. The fourth-order valence-electron chi connectivity index (χ4n) is 2.31. The molecular formula is C21H26FN3O3. The van der Waals surface area contributed by atoms with Crippen LogP contribution in [0.3, 0.4) is 0 Å². The van der Waals surface area contributed by atoms with Crippen LogP contribution in [0.2, 0.25) is 0 Å². The minimum absolute atomic E-state index is 0.114. The number of benzene rings is 2. The first-order chi connectivity index (χ1) is 13.1. The first-order valence-electron chi connectivity index (χ1n) is 9.03. The average molecular weight is 387 g/mol. The van der Waals surface area contributed by atoms with Crippen molar-refractivity contribution in [3.63, 3.8) is 0 Å². The van der Waals surface area contributed by atoms with E-state index in [1.165, 1.54) is 18.2 Å². The minimum Gasteiger partial charge on any atom is -0.444 e. The number of alkyl carbamates (subject to hydrolysis) is 1. The van der Waals surface area contributed by atoms with Gasteiger partial charge in [-0.05, 0) is 51.1 Å². The van der Waals surface area contributed by atoms with E-state index in [1.807, 2.05) is 30.3 Å². The van der Waals surface area contributed by atoms with E-state index in [0.717, 1.165) is 5.69 Å². The fraction of sp³-hybridized carbons (Fsp3) is 0.333. The highest BCUT2D eigenvalue weighted by molar-refractivity contribution is 5.96. The van der Waals surface area contributed by atoms with Gasteiger partial charge in [-0.3, -0.25) is 4.79 Å². The van der Waals surface area contributed by atoms with Gasteiger partial charge in [-0.2, -0.15) is 0 Å². The molecule has 0 unspecified atom stereocenters. The lowest BCUT2D eigenvalue weighted by atomic mass is 10.1. The summed E-state index contributed by atoms with van der Waals surface area (Å²) in [5.74, 6) is -1.24. The van der Waals surface area contributed by atoms with Crippen molar-refractivity contribution >= 4 is 29.1 Å². The fourth-order valence-corrected chi connectivity index (χ4v) is 2.31. The number of anilines is 3. The Morgan fingerprint density at radius 1 is 1.07 bits per heavy atom. The molecule has 0 aliphatic heterocycles. The van der Waals surface area contributed by atoms with Crippen LogP contribution in [0, 0.1) is 11.7 Å². The van der Waals surface area contributed by atoms with Crippen molar-refractivity contribution in [3.05, 3.63) is 54.3 Å². The van der Waals surface area contributed by atoms with Crippen LogP contribution in [0.4, 0.5) is 26.2 Å². The lowest BCUT2D eigenvalue weighted by molar-refractivity contribution is -0.119. The molecule has 7 heteroatoms. The zero-order valence-corrected chi connectivity index (χ0v) is 16.5. The van der Waals surface area contributed by atoms with Gasteiger partial charge in [0.1, 0.15) is 11.4 Å². The number of amides is 2. The summed E-state index contributed by atoms with van der Waals surface area (Å²) < 4.78 is 18.8. The maximum Gasteiger partial charge on any atom is 0.407 e. The van der Waals surface area contributed by atoms with E-state index < -0.39 is 23.4 Å². The number of carbonyl (C=O) groups is 2. The maximum absolute atomic E-state index is 13.7. The third kappa shape index (κ3) is 6.90. The quantitative estimate of drug-likeness (QED) is 0.673. The Balaban J connectivity index is 2.00. The molecule has 3 N–H and O–H groups in total. The van der Waals surface area contributed by atoms with Gasteiger partial charge in [-0.1, -0.05) is 25.1 Å². The van der Waals surface area contributed by atoms with Crippen molar-refractivity contribution in [2.24, 2.45) is 5.92 Å². The summed E-state index contributed by atoms with van der Waals surface area (Å²) in [6.45, 7) is 7.08. The van der Waals surface area contributed by atoms with Crippen molar-refractivity contribution in [2.75, 3.05) is 17.2 Å². The summed E-state index contributed by atoms with van der Waals surface area (Å²) in [7, 11) is 0. The van der Waals surface area contributed by atoms with Gasteiger partial charge in [0.2, 0.25) is 5.91 Å². The Bertz CT molecular complexity index is 819. The van der Waals surface area contributed by atoms with Crippen LogP contribution >= 0.6 is 0 Å². The normalized spacial score (nSPS) is 12.0. The van der Waals surface area contributed by atoms with E-state index in [4.69, 9.17) is 4.74 Å². The zero-order chi connectivity index (χ0) is 20.7. The lowest BCUT2D eigenvalue weighted by Gasteiger charge is -2.21. The summed E-state index contributed by atoms with van der Waals surface area (Å²) in [5, 5.41) is 8.43. The second kappa shape index (κ2) is 9.21. The molecule has 28 heavy (non-hydrogen) atoms. The van der Waals surface area contributed by atoms with Crippen molar-refractivity contribution in [1.29, 1.82) is 0 Å². The monoisotopic (exact) mass is 387 g/mol. The first kappa shape index (κ1) is 21.2. The number of hydrogen-bond acceptors (Lipinski definition) is 4. The Hall–Kier alpha value is -3.09. The largest absolute Gasteiger partial charge is 0.444 e. The Morgan fingerprint density at radius 3 is 2.39 bits per heavy atom. The predicted octanol–water partition coefficient (Wildman–Crippen LogP) is 4.67. The van der Waals surface area contributed by atoms with Gasteiger partial charge in [-0.25, -0.2) is 9.18 Å². The van der Waals surface area contributed by atoms with Crippen LogP contribution in [0.25, 0.3) is 0 Å². The van der Waals surface area contributed by atoms with Crippen LogP contribution in [-0.2, 0) is 9.53 Å². The molecular weight excluding hydrogens is 361 g/mol. The number of rotatable bonds is 6. The Labute approximate surface area is 164 Å². The third-order valence-corrected chi connectivity index (χ3v) is 3.69. The average Bonchev–Trinajstić information content (AvgIpc) is 2.61. The van der Waals surface area contributed by atoms with E-state index in [9.17, 15) is 14.0 Å². The molecule has 150 valence electrons. The molecule has 0 saturated carbocycles. The molecule has 0 fully saturated rings. The highest BCUT2D eigenvalue weighted by Crippen LogP contribution is 2.27. The van der Waals surface area contributed by atoms with Gasteiger partial charge in [0.05, 0.1) is 17.3 Å². The number of nitrogens with one attached hydrogen (secondary N) is 3. The molecule has 0 saturated heterocycles. The predicted molar refractivity (Wildman–Crippen MR) is 108 cm³/mol. The van der Waals surface area contributed by atoms with Crippen molar-refractivity contribution < 1.29 is 18.7 Å². The first-order valence-corrected chi connectivity index (χ1v) is 9.03. The Morgan fingerprint density at radius 2 is 1.75 bits per heavy atom. The van der Waals surface area contributed by atoms with Gasteiger partial charge >= 0.3 is 6.09 Å². The molecule has 2 amide bonds. The molecule has 0 aliphatic rings. The highest BCUT2D eigenvalue weighted by Gasteiger charge is 2.19. The topological polar surface area (TPSA) is 79.5 Å². The summed E-state index contributed by atoms with van der Waals surface area (Å²) in [4.78, 5) is 24.2. The van der Waals surface area contributed by atoms with Crippen LogP contribution in [0.1, 0.15) is 27.7 Å². The summed E-state index contributed by atoms with van der Waals surface area (Å²) in [6, 6.07) is 13.3. The molecule has 0 spiro atoms. The molecule has 0 aliphatic carbocycles.